The van der Waals surface area contributed by atoms with Gasteiger partial charge in [0.25, 0.3) is 5.91 Å². The van der Waals surface area contributed by atoms with Gasteiger partial charge < -0.3 is 16.0 Å². The summed E-state index contributed by atoms with van der Waals surface area (Å²) in [5.41, 5.74) is -0.945. The van der Waals surface area contributed by atoms with E-state index in [4.69, 9.17) is 0 Å². The molecule has 0 spiro atoms. The third kappa shape index (κ3) is 3.51. The molecule has 0 bridgehead atoms. The van der Waals surface area contributed by atoms with Gasteiger partial charge in [-0.15, -0.1) is 0 Å². The zero-order valence-electron chi connectivity index (χ0n) is 14.0. The molecule has 0 aromatic heterocycles. The molecule has 2 aliphatic rings. The molecule has 1 aromatic carbocycles. The van der Waals surface area contributed by atoms with Crippen LogP contribution in [0.1, 0.15) is 36.0 Å². The number of nitrogens with one attached hydrogen (secondary N) is 3. The molecule has 2 atom stereocenters. The van der Waals surface area contributed by atoms with Crippen molar-refractivity contribution in [3.05, 3.63) is 35.4 Å². The predicted molar refractivity (Wildman–Crippen MR) is 89.0 cm³/mol. The Kier molecular flexibility index (Phi) is 5.32. The van der Waals surface area contributed by atoms with Gasteiger partial charge in [0, 0.05) is 19.6 Å². The van der Waals surface area contributed by atoms with Crippen molar-refractivity contribution in [3.63, 3.8) is 0 Å². The topological polar surface area (TPSA) is 70.2 Å². The van der Waals surface area contributed by atoms with Crippen LogP contribution in [0, 0.1) is 23.0 Å². The molecule has 2 amide bonds. The third-order valence-corrected chi connectivity index (χ3v) is 5.38. The van der Waals surface area contributed by atoms with Gasteiger partial charge in [-0.05, 0) is 37.4 Å². The number of benzene rings is 1. The second kappa shape index (κ2) is 7.47. The van der Waals surface area contributed by atoms with Gasteiger partial charge in [-0.3, -0.25) is 9.59 Å². The van der Waals surface area contributed by atoms with Crippen molar-refractivity contribution >= 4 is 11.8 Å². The van der Waals surface area contributed by atoms with Crippen LogP contribution < -0.4 is 16.0 Å². The van der Waals surface area contributed by atoms with E-state index in [0.717, 1.165) is 44.4 Å². The summed E-state index contributed by atoms with van der Waals surface area (Å²) in [6.45, 7) is 1.91. The van der Waals surface area contributed by atoms with Gasteiger partial charge in [0.15, 0.2) is 0 Å². The van der Waals surface area contributed by atoms with E-state index in [9.17, 15) is 18.4 Å². The van der Waals surface area contributed by atoms with Crippen molar-refractivity contribution in [2.45, 2.75) is 25.7 Å². The summed E-state index contributed by atoms with van der Waals surface area (Å²) in [6, 6.07) is 3.28. The molecular formula is C18H23F2N3O2. The van der Waals surface area contributed by atoms with Crippen LogP contribution in [0.3, 0.4) is 0 Å². The molecule has 7 heteroatoms. The lowest BCUT2D eigenvalue weighted by Gasteiger charge is -2.37. The van der Waals surface area contributed by atoms with Crippen LogP contribution in [0.15, 0.2) is 18.2 Å². The van der Waals surface area contributed by atoms with Crippen molar-refractivity contribution in [1.29, 1.82) is 0 Å². The largest absolute Gasteiger partial charge is 0.354 e. The Labute approximate surface area is 145 Å². The minimum atomic E-state index is -0.900. The molecule has 1 saturated heterocycles. The van der Waals surface area contributed by atoms with Gasteiger partial charge in [-0.25, -0.2) is 8.78 Å². The lowest BCUT2D eigenvalue weighted by Crippen LogP contribution is -2.49. The number of fused-ring (bicyclic) bond motifs is 1. The third-order valence-electron chi connectivity index (χ3n) is 5.38. The van der Waals surface area contributed by atoms with Gasteiger partial charge in [-0.1, -0.05) is 18.9 Å². The average Bonchev–Trinajstić information content (AvgIpc) is 3.03. The van der Waals surface area contributed by atoms with E-state index in [0.29, 0.717) is 12.5 Å². The summed E-state index contributed by atoms with van der Waals surface area (Å²) >= 11 is 0. The van der Waals surface area contributed by atoms with Crippen molar-refractivity contribution < 1.29 is 18.4 Å². The molecule has 1 aromatic rings. The van der Waals surface area contributed by atoms with Crippen LogP contribution in [0.4, 0.5) is 8.78 Å². The number of carbonyl (C=O) groups excluding carboxylic acids is 2. The molecule has 1 saturated carbocycles. The van der Waals surface area contributed by atoms with Gasteiger partial charge in [0.2, 0.25) is 5.91 Å². The molecule has 1 heterocycles. The molecule has 25 heavy (non-hydrogen) atoms. The summed E-state index contributed by atoms with van der Waals surface area (Å²) in [5.74, 6) is -2.25. The van der Waals surface area contributed by atoms with Crippen LogP contribution in [0.25, 0.3) is 0 Å². The van der Waals surface area contributed by atoms with E-state index in [2.05, 4.69) is 16.0 Å². The SMILES string of the molecule is O=C(NCCNC(=O)[C@@]12CCCC[C@H]1CNC2)c1c(F)cccc1F. The molecule has 2 fully saturated rings. The number of halogens is 2. The van der Waals surface area contributed by atoms with Crippen molar-refractivity contribution in [3.8, 4) is 0 Å². The maximum atomic E-state index is 13.5. The molecule has 5 nitrogen and oxygen atoms in total. The lowest BCUT2D eigenvalue weighted by atomic mass is 9.67. The van der Waals surface area contributed by atoms with Crippen LogP contribution in [-0.4, -0.2) is 38.0 Å². The average molecular weight is 351 g/mol. The zero-order valence-corrected chi connectivity index (χ0v) is 14.0. The number of hydrogen-bond acceptors (Lipinski definition) is 3. The summed E-state index contributed by atoms with van der Waals surface area (Å²) in [4.78, 5) is 24.5. The van der Waals surface area contributed by atoms with Crippen molar-refractivity contribution in [1.82, 2.24) is 16.0 Å². The molecule has 0 unspecified atom stereocenters. The Balaban J connectivity index is 1.50. The van der Waals surface area contributed by atoms with E-state index in [1.807, 2.05) is 0 Å². The molecule has 1 aliphatic carbocycles. The van der Waals surface area contributed by atoms with Gasteiger partial charge in [0.05, 0.1) is 5.41 Å². The summed E-state index contributed by atoms with van der Waals surface area (Å²) < 4.78 is 27.1. The Morgan fingerprint density at radius 2 is 1.88 bits per heavy atom. The standard InChI is InChI=1S/C18H23F2N3O2/c19-13-5-3-6-14(20)15(13)16(24)22-8-9-23-17(25)18-7-2-1-4-12(18)10-21-11-18/h3,5-6,12,21H,1-2,4,7-11H2,(H,22,24)(H,23,25)/t12-,18+/m0/s1. The Bertz CT molecular complexity index is 647. The summed E-state index contributed by atoms with van der Waals surface area (Å²) in [6.07, 6.45) is 4.15. The minimum absolute atomic E-state index is 0.00789. The molecule has 3 rings (SSSR count). The molecule has 3 N–H and O–H groups in total. The zero-order chi connectivity index (χ0) is 17.9. The van der Waals surface area contributed by atoms with Gasteiger partial charge >= 0.3 is 0 Å². The Morgan fingerprint density at radius 3 is 2.64 bits per heavy atom. The van der Waals surface area contributed by atoms with Gasteiger partial charge in [-0.2, -0.15) is 0 Å². The first kappa shape index (κ1) is 17.8. The second-order valence-corrected chi connectivity index (χ2v) is 6.84. The summed E-state index contributed by atoms with van der Waals surface area (Å²) in [7, 11) is 0. The monoisotopic (exact) mass is 351 g/mol. The Morgan fingerprint density at radius 1 is 1.16 bits per heavy atom. The van der Waals surface area contributed by atoms with E-state index < -0.39 is 23.1 Å². The highest BCUT2D eigenvalue weighted by Gasteiger charge is 2.49. The molecule has 0 radical (unpaired) electrons. The van der Waals surface area contributed by atoms with Crippen LogP contribution >= 0.6 is 0 Å². The Hall–Kier alpha value is -2.02. The number of carbonyl (C=O) groups is 2. The number of rotatable bonds is 5. The number of amides is 2. The highest BCUT2D eigenvalue weighted by atomic mass is 19.1. The highest BCUT2D eigenvalue weighted by molar-refractivity contribution is 5.94. The first-order valence-electron chi connectivity index (χ1n) is 8.76. The van der Waals surface area contributed by atoms with Crippen LogP contribution in [0.2, 0.25) is 0 Å². The minimum Gasteiger partial charge on any atom is -0.354 e. The number of hydrogen-bond donors (Lipinski definition) is 3. The smallest absolute Gasteiger partial charge is 0.257 e. The van der Waals surface area contributed by atoms with Crippen LogP contribution in [0.5, 0.6) is 0 Å². The highest BCUT2D eigenvalue weighted by Crippen LogP contribution is 2.43. The maximum absolute atomic E-state index is 13.5. The maximum Gasteiger partial charge on any atom is 0.257 e. The summed E-state index contributed by atoms with van der Waals surface area (Å²) in [5, 5.41) is 8.63. The van der Waals surface area contributed by atoms with E-state index in [-0.39, 0.29) is 24.4 Å². The van der Waals surface area contributed by atoms with Gasteiger partial charge in [0.1, 0.15) is 17.2 Å². The fourth-order valence-electron chi connectivity index (χ4n) is 4.02. The van der Waals surface area contributed by atoms with Crippen molar-refractivity contribution in [2.75, 3.05) is 26.2 Å². The fraction of sp³-hybridized carbons (Fsp3) is 0.556. The molecule has 1 aliphatic heterocycles. The first-order valence-corrected chi connectivity index (χ1v) is 8.76. The quantitative estimate of drug-likeness (QED) is 0.706. The lowest BCUT2D eigenvalue weighted by molar-refractivity contribution is -0.133. The predicted octanol–water partition coefficient (Wildman–Crippen LogP) is 1.59. The van der Waals surface area contributed by atoms with E-state index in [1.165, 1.54) is 6.07 Å². The molecular weight excluding hydrogens is 328 g/mol. The van der Waals surface area contributed by atoms with E-state index >= 15 is 0 Å². The normalized spacial score (nSPS) is 25.3. The second-order valence-electron chi connectivity index (χ2n) is 6.84. The van der Waals surface area contributed by atoms with Crippen LogP contribution in [-0.2, 0) is 4.79 Å². The van der Waals surface area contributed by atoms with E-state index in [1.54, 1.807) is 0 Å². The fourth-order valence-corrected chi connectivity index (χ4v) is 4.02. The van der Waals surface area contributed by atoms with Crippen molar-refractivity contribution in [2.24, 2.45) is 11.3 Å². The first-order chi connectivity index (χ1) is 12.0. The molecule has 136 valence electrons.